The highest BCUT2D eigenvalue weighted by Crippen LogP contribution is 2.48. The van der Waals surface area contributed by atoms with Gasteiger partial charge in [0.1, 0.15) is 5.58 Å². The molecule has 6 nitrogen and oxygen atoms in total. The summed E-state index contributed by atoms with van der Waals surface area (Å²) in [5, 5.41) is 0.787. The third-order valence-electron chi connectivity index (χ3n) is 5.88. The molecule has 0 saturated heterocycles. The lowest BCUT2D eigenvalue weighted by Crippen LogP contribution is -2.30. The first-order valence-corrected chi connectivity index (χ1v) is 12.3. The number of benzene rings is 3. The molecule has 4 aromatic rings. The standard InChI is InChI=1S/C26H24N2O4S/c1-28(2)21-15-14-19-16-22(32-25(19)24(21)18-12-13-18)26(29)27-33(30,31)23-11-7-6-10-20(23)17-8-4-3-5-9-17/h3-11,14-16,18H,12-13H2,1-2H3,(H,27,29). The van der Waals surface area contributed by atoms with Gasteiger partial charge in [-0.15, -0.1) is 0 Å². The third-order valence-corrected chi connectivity index (χ3v) is 7.27. The number of rotatable bonds is 6. The molecule has 1 saturated carbocycles. The number of carbonyl (C=O) groups excluding carboxylic acids is 1. The Balaban J connectivity index is 1.50. The Morgan fingerprint density at radius 2 is 1.67 bits per heavy atom. The van der Waals surface area contributed by atoms with Gasteiger partial charge in [-0.25, -0.2) is 13.1 Å². The van der Waals surface area contributed by atoms with E-state index in [-0.39, 0.29) is 10.7 Å². The van der Waals surface area contributed by atoms with E-state index >= 15 is 0 Å². The van der Waals surface area contributed by atoms with Gasteiger partial charge in [0.25, 0.3) is 10.0 Å². The minimum Gasteiger partial charge on any atom is -0.450 e. The summed E-state index contributed by atoms with van der Waals surface area (Å²) in [5.74, 6) is -0.416. The summed E-state index contributed by atoms with van der Waals surface area (Å²) < 4.78 is 34.5. The Bertz CT molecular complexity index is 1450. The number of carbonyl (C=O) groups is 1. The van der Waals surface area contributed by atoms with E-state index < -0.39 is 15.9 Å². The average Bonchev–Trinajstić information content (AvgIpc) is 3.55. The van der Waals surface area contributed by atoms with Crippen molar-refractivity contribution in [1.29, 1.82) is 0 Å². The molecule has 1 aliphatic carbocycles. The number of amides is 1. The van der Waals surface area contributed by atoms with Crippen LogP contribution in [-0.4, -0.2) is 28.4 Å². The van der Waals surface area contributed by atoms with Crippen molar-refractivity contribution in [3.05, 3.63) is 84.1 Å². The van der Waals surface area contributed by atoms with Crippen LogP contribution in [0, 0.1) is 0 Å². The number of hydrogen-bond acceptors (Lipinski definition) is 5. The quantitative estimate of drug-likeness (QED) is 0.430. The molecule has 5 rings (SSSR count). The van der Waals surface area contributed by atoms with Crippen molar-refractivity contribution in [3.63, 3.8) is 0 Å². The molecule has 0 spiro atoms. The van der Waals surface area contributed by atoms with Gasteiger partial charge in [-0.3, -0.25) is 4.79 Å². The smallest absolute Gasteiger partial charge is 0.300 e. The number of nitrogens with zero attached hydrogens (tertiary/aromatic N) is 1. The summed E-state index contributed by atoms with van der Waals surface area (Å²) in [6.07, 6.45) is 2.15. The largest absolute Gasteiger partial charge is 0.450 e. The Morgan fingerprint density at radius 3 is 2.36 bits per heavy atom. The average molecular weight is 461 g/mol. The van der Waals surface area contributed by atoms with Crippen LogP contribution in [0.5, 0.6) is 0 Å². The molecule has 33 heavy (non-hydrogen) atoms. The normalized spacial score (nSPS) is 13.8. The lowest BCUT2D eigenvalue weighted by molar-refractivity contribution is 0.0956. The Labute approximate surface area is 192 Å². The molecule has 1 aromatic heterocycles. The molecular weight excluding hydrogens is 436 g/mol. The van der Waals surface area contributed by atoms with E-state index in [9.17, 15) is 13.2 Å². The third kappa shape index (κ3) is 4.00. The maximum atomic E-state index is 13.2. The molecule has 1 aliphatic rings. The van der Waals surface area contributed by atoms with Crippen LogP contribution in [0.25, 0.3) is 22.1 Å². The van der Waals surface area contributed by atoms with Gasteiger partial charge in [0.15, 0.2) is 5.76 Å². The molecule has 1 fully saturated rings. The molecule has 0 bridgehead atoms. The highest BCUT2D eigenvalue weighted by atomic mass is 32.2. The van der Waals surface area contributed by atoms with Gasteiger partial charge in [-0.05, 0) is 48.6 Å². The number of sulfonamides is 1. The Kier molecular flexibility index (Phi) is 5.21. The first kappa shape index (κ1) is 21.3. The second-order valence-electron chi connectivity index (χ2n) is 8.49. The highest BCUT2D eigenvalue weighted by Gasteiger charge is 2.31. The first-order chi connectivity index (χ1) is 15.8. The molecule has 3 aromatic carbocycles. The summed E-state index contributed by atoms with van der Waals surface area (Å²) in [6.45, 7) is 0. The van der Waals surface area contributed by atoms with Crippen molar-refractivity contribution in [2.45, 2.75) is 23.7 Å². The summed E-state index contributed by atoms with van der Waals surface area (Å²) in [5.41, 5.74) is 4.05. The molecule has 1 heterocycles. The Hall–Kier alpha value is -3.58. The number of nitrogens with one attached hydrogen (secondary N) is 1. The SMILES string of the molecule is CN(C)c1ccc2cc(C(=O)NS(=O)(=O)c3ccccc3-c3ccccc3)oc2c1C1CC1. The van der Waals surface area contributed by atoms with Crippen LogP contribution in [0.3, 0.4) is 0 Å². The molecule has 0 radical (unpaired) electrons. The number of fused-ring (bicyclic) bond motifs is 1. The monoisotopic (exact) mass is 460 g/mol. The van der Waals surface area contributed by atoms with Gasteiger partial charge in [-0.2, -0.15) is 0 Å². The lowest BCUT2D eigenvalue weighted by atomic mass is 10.0. The topological polar surface area (TPSA) is 79.6 Å². The minimum atomic E-state index is -4.13. The lowest BCUT2D eigenvalue weighted by Gasteiger charge is -2.17. The van der Waals surface area contributed by atoms with E-state index in [4.69, 9.17) is 4.42 Å². The van der Waals surface area contributed by atoms with Crippen molar-refractivity contribution in [3.8, 4) is 11.1 Å². The molecule has 0 unspecified atom stereocenters. The van der Waals surface area contributed by atoms with Gasteiger partial charge in [0, 0.05) is 36.3 Å². The predicted octanol–water partition coefficient (Wildman–Crippen LogP) is 5.16. The van der Waals surface area contributed by atoms with Crippen LogP contribution >= 0.6 is 0 Å². The molecule has 7 heteroatoms. The van der Waals surface area contributed by atoms with Crippen molar-refractivity contribution in [1.82, 2.24) is 4.72 Å². The van der Waals surface area contributed by atoms with Crippen LogP contribution in [0.1, 0.15) is 34.9 Å². The Morgan fingerprint density at radius 1 is 0.970 bits per heavy atom. The zero-order chi connectivity index (χ0) is 23.2. The van der Waals surface area contributed by atoms with E-state index in [0.29, 0.717) is 17.1 Å². The highest BCUT2D eigenvalue weighted by molar-refractivity contribution is 7.90. The van der Waals surface area contributed by atoms with Gasteiger partial charge < -0.3 is 9.32 Å². The fourth-order valence-electron chi connectivity index (χ4n) is 4.17. The van der Waals surface area contributed by atoms with Gasteiger partial charge in [0.2, 0.25) is 0 Å². The van der Waals surface area contributed by atoms with Crippen molar-refractivity contribution in [2.24, 2.45) is 0 Å². The fourth-order valence-corrected chi connectivity index (χ4v) is 5.35. The van der Waals surface area contributed by atoms with Gasteiger partial charge in [0.05, 0.1) is 4.90 Å². The minimum absolute atomic E-state index is 0.0245. The van der Waals surface area contributed by atoms with Crippen LogP contribution in [0.2, 0.25) is 0 Å². The summed E-state index contributed by atoms with van der Waals surface area (Å²) >= 11 is 0. The summed E-state index contributed by atoms with van der Waals surface area (Å²) in [4.78, 5) is 15.0. The van der Waals surface area contributed by atoms with Crippen molar-refractivity contribution in [2.75, 3.05) is 19.0 Å². The summed E-state index contributed by atoms with van der Waals surface area (Å²) in [7, 11) is -0.182. The van der Waals surface area contributed by atoms with Crippen LogP contribution in [-0.2, 0) is 10.0 Å². The first-order valence-electron chi connectivity index (χ1n) is 10.8. The maximum absolute atomic E-state index is 13.2. The van der Waals surface area contributed by atoms with E-state index in [1.807, 2.05) is 61.5 Å². The van der Waals surface area contributed by atoms with Crippen molar-refractivity contribution >= 4 is 32.6 Å². The molecule has 1 N–H and O–H groups in total. The molecule has 0 atom stereocenters. The van der Waals surface area contributed by atoms with Crippen LogP contribution in [0.15, 0.2) is 82.1 Å². The second kappa shape index (κ2) is 8.08. The predicted molar refractivity (Wildman–Crippen MR) is 129 cm³/mol. The van der Waals surface area contributed by atoms with E-state index in [1.165, 1.54) is 6.07 Å². The number of anilines is 1. The van der Waals surface area contributed by atoms with Crippen LogP contribution in [0.4, 0.5) is 5.69 Å². The molecule has 168 valence electrons. The zero-order valence-electron chi connectivity index (χ0n) is 18.4. The zero-order valence-corrected chi connectivity index (χ0v) is 19.2. The van der Waals surface area contributed by atoms with Gasteiger partial charge >= 0.3 is 5.91 Å². The second-order valence-corrected chi connectivity index (χ2v) is 10.1. The van der Waals surface area contributed by atoms with Gasteiger partial charge in [-0.1, -0.05) is 48.5 Å². The van der Waals surface area contributed by atoms with Crippen molar-refractivity contribution < 1.29 is 17.6 Å². The number of hydrogen-bond donors (Lipinski definition) is 1. The van der Waals surface area contributed by atoms with Crippen LogP contribution < -0.4 is 9.62 Å². The molecular formula is C26H24N2O4S. The summed E-state index contributed by atoms with van der Waals surface area (Å²) in [6, 6.07) is 21.3. The fraction of sp³-hybridized carbons (Fsp3) is 0.192. The number of furan rings is 1. The molecule has 0 aliphatic heterocycles. The molecule has 1 amide bonds. The van der Waals surface area contributed by atoms with E-state index in [1.54, 1.807) is 24.3 Å². The maximum Gasteiger partial charge on any atom is 0.300 e. The van der Waals surface area contributed by atoms with E-state index in [2.05, 4.69) is 4.72 Å². The van der Waals surface area contributed by atoms with E-state index in [0.717, 1.165) is 35.0 Å².